The fourth-order valence-electron chi connectivity index (χ4n) is 6.67. The molecule has 2 heterocycles. The fraction of sp³-hybridized carbons (Fsp3) is 0.611. The van der Waals surface area contributed by atoms with Crippen molar-refractivity contribution in [2.24, 2.45) is 17.8 Å². The van der Waals surface area contributed by atoms with E-state index in [9.17, 15) is 24.0 Å². The van der Waals surface area contributed by atoms with Crippen LogP contribution in [0.25, 0.3) is 0 Å². The monoisotopic (exact) mass is 682 g/mol. The van der Waals surface area contributed by atoms with Gasteiger partial charge in [-0.05, 0) is 56.7 Å². The minimum Gasteiger partial charge on any atom is -0.467 e. The standard InChI is InChI=1S/C36H50N4O7S/c1-22(2)30(40(5)35(44)26(25-15-16-25)19-31(42)29-14-10-11-17-39(29)4)20-32(47-23(3)41)34-38-28(21-48-34)33(43)37-27(36(45)46-6)18-24-12-8-7-9-13-24/h7-9,12-13,21-22,25-27,29-30,32H,10-11,14-20H2,1-6H3,(H,37,43)/t26-,27-,29+,30+,32+/m0/s1. The van der Waals surface area contributed by atoms with E-state index in [-0.39, 0.29) is 66.5 Å². The lowest BCUT2D eigenvalue weighted by Crippen LogP contribution is -2.47. The summed E-state index contributed by atoms with van der Waals surface area (Å²) in [6, 6.07) is 7.91. The van der Waals surface area contributed by atoms with Gasteiger partial charge in [-0.3, -0.25) is 24.1 Å². The Kier molecular flexibility index (Phi) is 13.3. The molecule has 1 aromatic heterocycles. The number of hydrogen-bond acceptors (Lipinski definition) is 10. The minimum absolute atomic E-state index is 0.00132. The molecule has 1 aliphatic heterocycles. The molecule has 5 atom stereocenters. The molecule has 1 N–H and O–H groups in total. The molecule has 1 saturated carbocycles. The summed E-state index contributed by atoms with van der Waals surface area (Å²) in [5.41, 5.74) is 0.940. The number of likely N-dealkylation sites (N-methyl/N-ethyl adjacent to an activating group) is 1. The zero-order valence-electron chi connectivity index (χ0n) is 29.0. The number of thiazole rings is 1. The predicted molar refractivity (Wildman–Crippen MR) is 182 cm³/mol. The van der Waals surface area contributed by atoms with E-state index < -0.39 is 30.0 Å². The number of likely N-dealkylation sites (tertiary alicyclic amines) is 1. The Labute approximate surface area is 287 Å². The summed E-state index contributed by atoms with van der Waals surface area (Å²) in [6.45, 7) is 6.22. The van der Waals surface area contributed by atoms with Gasteiger partial charge in [0.1, 0.15) is 16.7 Å². The van der Waals surface area contributed by atoms with Gasteiger partial charge >= 0.3 is 11.9 Å². The summed E-state index contributed by atoms with van der Waals surface area (Å²) in [7, 11) is 5.02. The number of carbonyl (C=O) groups is 5. The van der Waals surface area contributed by atoms with Crippen molar-refractivity contribution >= 4 is 40.9 Å². The number of carbonyl (C=O) groups excluding carboxylic acids is 5. The second-order valence-corrected chi connectivity index (χ2v) is 14.4. The van der Waals surface area contributed by atoms with Gasteiger partial charge in [0.25, 0.3) is 5.91 Å². The van der Waals surface area contributed by atoms with Crippen molar-refractivity contribution in [3.05, 3.63) is 52.0 Å². The maximum atomic E-state index is 14.1. The van der Waals surface area contributed by atoms with Gasteiger partial charge in [0.05, 0.1) is 13.2 Å². The van der Waals surface area contributed by atoms with Crippen LogP contribution in [0.15, 0.2) is 35.7 Å². The first kappa shape index (κ1) is 37.2. The number of benzene rings is 1. The van der Waals surface area contributed by atoms with Crippen LogP contribution in [0.5, 0.6) is 0 Å². The number of rotatable bonds is 16. The molecule has 11 nitrogen and oxygen atoms in total. The quantitative estimate of drug-likeness (QED) is 0.252. The van der Waals surface area contributed by atoms with Crippen molar-refractivity contribution in [3.63, 3.8) is 0 Å². The number of ketones is 1. The number of aromatic nitrogens is 1. The molecule has 1 saturated heterocycles. The zero-order valence-corrected chi connectivity index (χ0v) is 29.8. The van der Waals surface area contributed by atoms with E-state index in [1.165, 1.54) is 25.4 Å². The topological polar surface area (TPSA) is 135 Å². The smallest absolute Gasteiger partial charge is 0.328 e. The summed E-state index contributed by atoms with van der Waals surface area (Å²) < 4.78 is 10.7. The molecule has 2 aliphatic rings. The number of methoxy groups -OCH3 is 1. The summed E-state index contributed by atoms with van der Waals surface area (Å²) in [5, 5.41) is 4.70. The predicted octanol–water partition coefficient (Wildman–Crippen LogP) is 4.60. The van der Waals surface area contributed by atoms with Crippen LogP contribution in [0, 0.1) is 17.8 Å². The van der Waals surface area contributed by atoms with Crippen LogP contribution < -0.4 is 5.32 Å². The molecule has 2 amide bonds. The van der Waals surface area contributed by atoms with Gasteiger partial charge in [-0.25, -0.2) is 9.78 Å². The molecule has 2 fully saturated rings. The number of piperidine rings is 1. The maximum Gasteiger partial charge on any atom is 0.328 e. The molecule has 0 radical (unpaired) electrons. The highest BCUT2D eigenvalue weighted by Gasteiger charge is 2.42. The van der Waals surface area contributed by atoms with Crippen LogP contribution in [-0.2, 0) is 35.1 Å². The van der Waals surface area contributed by atoms with E-state index in [0.29, 0.717) is 5.01 Å². The van der Waals surface area contributed by atoms with E-state index in [1.54, 1.807) is 17.3 Å². The van der Waals surface area contributed by atoms with E-state index in [0.717, 1.165) is 44.2 Å². The Balaban J connectivity index is 1.48. The highest BCUT2D eigenvalue weighted by atomic mass is 32.1. The summed E-state index contributed by atoms with van der Waals surface area (Å²) in [6.07, 6.45) is 4.75. The zero-order chi connectivity index (χ0) is 35.0. The second kappa shape index (κ2) is 17.1. The third-order valence-electron chi connectivity index (χ3n) is 9.55. The molecular weight excluding hydrogens is 632 g/mol. The van der Waals surface area contributed by atoms with Gasteiger partial charge < -0.3 is 19.7 Å². The summed E-state index contributed by atoms with van der Waals surface area (Å²) >= 11 is 1.17. The van der Waals surface area contributed by atoms with Crippen molar-refractivity contribution < 1.29 is 33.4 Å². The first-order chi connectivity index (χ1) is 22.9. The van der Waals surface area contributed by atoms with Crippen LogP contribution in [-0.4, -0.2) is 90.2 Å². The lowest BCUT2D eigenvalue weighted by Gasteiger charge is -2.36. The highest BCUT2D eigenvalue weighted by molar-refractivity contribution is 7.09. The molecule has 0 unspecified atom stereocenters. The first-order valence-electron chi connectivity index (χ1n) is 16.9. The maximum absolute atomic E-state index is 14.1. The number of amides is 2. The molecule has 12 heteroatoms. The van der Waals surface area contributed by atoms with Crippen LogP contribution in [0.1, 0.15) is 92.9 Å². The molecule has 2 aromatic rings. The molecule has 0 spiro atoms. The first-order valence-corrected chi connectivity index (χ1v) is 17.8. The van der Waals surface area contributed by atoms with Crippen molar-refractivity contribution in [3.8, 4) is 0 Å². The van der Waals surface area contributed by atoms with E-state index in [1.807, 2.05) is 51.2 Å². The van der Waals surface area contributed by atoms with E-state index >= 15 is 0 Å². The van der Waals surface area contributed by atoms with Crippen LogP contribution in [0.3, 0.4) is 0 Å². The Morgan fingerprint density at radius 2 is 1.79 bits per heavy atom. The highest BCUT2D eigenvalue weighted by Crippen LogP contribution is 2.41. The van der Waals surface area contributed by atoms with Crippen molar-refractivity contribution in [1.29, 1.82) is 0 Å². The molecule has 4 rings (SSSR count). The average molecular weight is 683 g/mol. The van der Waals surface area contributed by atoms with Crippen LogP contribution >= 0.6 is 11.3 Å². The second-order valence-electron chi connectivity index (χ2n) is 13.5. The van der Waals surface area contributed by atoms with Crippen molar-refractivity contribution in [1.82, 2.24) is 20.1 Å². The molecular formula is C36H50N4O7S. The summed E-state index contributed by atoms with van der Waals surface area (Å²) in [4.78, 5) is 73.8. The minimum atomic E-state index is -0.922. The number of ether oxygens (including phenoxy) is 2. The van der Waals surface area contributed by atoms with Crippen molar-refractivity contribution in [2.75, 3.05) is 27.7 Å². The van der Waals surface area contributed by atoms with Gasteiger partial charge in [0, 0.05) is 50.6 Å². The lowest BCUT2D eigenvalue weighted by atomic mass is 9.88. The largest absolute Gasteiger partial charge is 0.467 e. The van der Waals surface area contributed by atoms with Gasteiger partial charge in [-0.2, -0.15) is 0 Å². The fourth-order valence-corrected chi connectivity index (χ4v) is 7.51. The SMILES string of the molecule is COC(=O)[C@H](Cc1ccccc1)NC(=O)c1csc([C@@H](C[C@H](C(C)C)N(C)C(=O)[C@@H](CC(=O)[C@H]2CCCCN2C)C2CC2)OC(C)=O)n1. The Morgan fingerprint density at radius 1 is 1.08 bits per heavy atom. The van der Waals surface area contributed by atoms with Gasteiger partial charge in [0.2, 0.25) is 5.91 Å². The lowest BCUT2D eigenvalue weighted by molar-refractivity contribution is -0.149. The Hall–Kier alpha value is -3.64. The van der Waals surface area contributed by atoms with Gasteiger partial charge in [0.15, 0.2) is 11.9 Å². The third kappa shape index (κ3) is 9.95. The average Bonchev–Trinajstić information content (AvgIpc) is 3.79. The number of esters is 2. The van der Waals surface area contributed by atoms with Gasteiger partial charge in [-0.15, -0.1) is 11.3 Å². The Bertz CT molecular complexity index is 1430. The number of nitrogens with zero attached hydrogens (tertiary/aromatic N) is 3. The third-order valence-corrected chi connectivity index (χ3v) is 10.5. The van der Waals surface area contributed by atoms with Crippen molar-refractivity contribution in [2.45, 2.75) is 96.4 Å². The van der Waals surface area contributed by atoms with Gasteiger partial charge in [-0.1, -0.05) is 50.6 Å². The molecule has 1 aromatic carbocycles. The molecule has 1 aliphatic carbocycles. The van der Waals surface area contributed by atoms with Crippen LogP contribution in [0.2, 0.25) is 0 Å². The van der Waals surface area contributed by atoms with E-state index in [4.69, 9.17) is 9.47 Å². The van der Waals surface area contributed by atoms with Crippen LogP contribution in [0.4, 0.5) is 0 Å². The number of hydrogen-bond donors (Lipinski definition) is 1. The molecule has 262 valence electrons. The normalized spacial score (nSPS) is 19.1. The summed E-state index contributed by atoms with van der Waals surface area (Å²) in [5.74, 6) is -1.74. The molecule has 0 bridgehead atoms. The molecule has 48 heavy (non-hydrogen) atoms. The number of Topliss-reactive ketones (excluding diaryl/α,β-unsaturated/α-hetero) is 1. The number of nitrogens with one attached hydrogen (secondary N) is 1. The van der Waals surface area contributed by atoms with E-state index in [2.05, 4.69) is 15.2 Å². The Morgan fingerprint density at radius 3 is 2.40 bits per heavy atom.